The molecule has 2 N–H and O–H groups in total. The second-order valence-electron chi connectivity index (χ2n) is 5.86. The SMILES string of the molecule is Cc1cc(C)c2c(n1)sc1c(Nc3[nH]nc4ncccc34)ncnc12. The van der Waals surface area contributed by atoms with Gasteiger partial charge in [-0.05, 0) is 37.6 Å². The lowest BCUT2D eigenvalue weighted by Gasteiger charge is -2.04. The van der Waals surface area contributed by atoms with Crippen molar-refractivity contribution in [3.63, 3.8) is 0 Å². The number of hydrogen-bond donors (Lipinski definition) is 2. The first-order chi connectivity index (χ1) is 12.2. The Morgan fingerprint density at radius 1 is 1.16 bits per heavy atom. The maximum Gasteiger partial charge on any atom is 0.183 e. The summed E-state index contributed by atoms with van der Waals surface area (Å²) in [6.07, 6.45) is 3.30. The van der Waals surface area contributed by atoms with E-state index in [1.165, 1.54) is 5.56 Å². The molecular weight excluding hydrogens is 334 g/mol. The molecule has 0 atom stereocenters. The van der Waals surface area contributed by atoms with Gasteiger partial charge in [-0.25, -0.2) is 19.9 Å². The summed E-state index contributed by atoms with van der Waals surface area (Å²) in [5.41, 5.74) is 3.77. The Morgan fingerprint density at radius 2 is 2.08 bits per heavy atom. The number of hydrogen-bond acceptors (Lipinski definition) is 7. The number of thiophene rings is 1. The van der Waals surface area contributed by atoms with Crippen LogP contribution in [0.1, 0.15) is 11.3 Å². The van der Waals surface area contributed by atoms with E-state index in [9.17, 15) is 0 Å². The fourth-order valence-corrected chi connectivity index (χ4v) is 4.26. The summed E-state index contributed by atoms with van der Waals surface area (Å²) in [5.74, 6) is 1.50. The van der Waals surface area contributed by atoms with Crippen molar-refractivity contribution in [1.29, 1.82) is 0 Å². The molecule has 5 rings (SSSR count). The van der Waals surface area contributed by atoms with Crippen molar-refractivity contribution in [3.05, 3.63) is 42.0 Å². The second kappa shape index (κ2) is 5.18. The molecule has 0 radical (unpaired) electrons. The van der Waals surface area contributed by atoms with Gasteiger partial charge in [0.25, 0.3) is 0 Å². The summed E-state index contributed by atoms with van der Waals surface area (Å²) in [6.45, 7) is 4.10. The average molecular weight is 347 g/mol. The van der Waals surface area contributed by atoms with Gasteiger partial charge in [-0.3, -0.25) is 5.10 Å². The normalized spacial score (nSPS) is 11.6. The van der Waals surface area contributed by atoms with E-state index in [1.807, 2.05) is 19.1 Å². The third kappa shape index (κ3) is 2.14. The molecule has 122 valence electrons. The maximum atomic E-state index is 4.65. The van der Waals surface area contributed by atoms with Crippen LogP contribution in [-0.2, 0) is 0 Å². The van der Waals surface area contributed by atoms with E-state index in [0.29, 0.717) is 5.65 Å². The number of H-pyrrole nitrogens is 1. The minimum absolute atomic E-state index is 0.666. The number of rotatable bonds is 2. The van der Waals surface area contributed by atoms with E-state index in [-0.39, 0.29) is 0 Å². The molecule has 0 spiro atoms. The highest BCUT2D eigenvalue weighted by Gasteiger charge is 2.16. The lowest BCUT2D eigenvalue weighted by atomic mass is 10.1. The summed E-state index contributed by atoms with van der Waals surface area (Å²) >= 11 is 1.60. The lowest BCUT2D eigenvalue weighted by molar-refractivity contribution is 1.09. The Labute approximate surface area is 146 Å². The second-order valence-corrected chi connectivity index (χ2v) is 6.86. The molecule has 0 aromatic carbocycles. The third-order valence-corrected chi connectivity index (χ3v) is 5.20. The molecule has 0 aliphatic carbocycles. The minimum atomic E-state index is 0.666. The Bertz CT molecular complexity index is 1250. The maximum absolute atomic E-state index is 4.65. The largest absolute Gasteiger partial charge is 0.323 e. The molecule has 0 unspecified atom stereocenters. The van der Waals surface area contributed by atoms with Crippen LogP contribution >= 0.6 is 11.3 Å². The minimum Gasteiger partial charge on any atom is -0.323 e. The number of aromatic amines is 1. The van der Waals surface area contributed by atoms with Crippen LogP contribution in [0.15, 0.2) is 30.7 Å². The molecule has 7 nitrogen and oxygen atoms in total. The predicted molar refractivity (Wildman–Crippen MR) is 99.4 cm³/mol. The topological polar surface area (TPSA) is 92.3 Å². The van der Waals surface area contributed by atoms with Gasteiger partial charge in [0, 0.05) is 17.3 Å². The van der Waals surface area contributed by atoms with Crippen molar-refractivity contribution in [2.75, 3.05) is 5.32 Å². The van der Waals surface area contributed by atoms with Crippen LogP contribution in [0.2, 0.25) is 0 Å². The van der Waals surface area contributed by atoms with Gasteiger partial charge in [0.15, 0.2) is 11.5 Å². The van der Waals surface area contributed by atoms with E-state index in [2.05, 4.69) is 48.4 Å². The molecule has 5 aromatic rings. The van der Waals surface area contributed by atoms with Gasteiger partial charge in [-0.2, -0.15) is 5.10 Å². The number of anilines is 2. The Hall–Kier alpha value is -3.13. The first-order valence-electron chi connectivity index (χ1n) is 7.78. The summed E-state index contributed by atoms with van der Waals surface area (Å²) in [5, 5.41) is 12.5. The van der Waals surface area contributed by atoms with Crippen molar-refractivity contribution in [3.8, 4) is 0 Å². The van der Waals surface area contributed by atoms with Crippen LogP contribution in [-0.4, -0.2) is 30.1 Å². The highest BCUT2D eigenvalue weighted by atomic mass is 32.1. The third-order valence-electron chi connectivity index (χ3n) is 4.12. The summed E-state index contributed by atoms with van der Waals surface area (Å²) in [4.78, 5) is 18.8. The number of fused-ring (bicyclic) bond motifs is 4. The van der Waals surface area contributed by atoms with Crippen LogP contribution in [0.5, 0.6) is 0 Å². The number of aromatic nitrogens is 6. The zero-order valence-electron chi connectivity index (χ0n) is 13.5. The number of pyridine rings is 2. The van der Waals surface area contributed by atoms with E-state index in [0.717, 1.165) is 43.1 Å². The summed E-state index contributed by atoms with van der Waals surface area (Å²) < 4.78 is 0.977. The van der Waals surface area contributed by atoms with Crippen LogP contribution in [0, 0.1) is 13.8 Å². The van der Waals surface area contributed by atoms with Gasteiger partial charge < -0.3 is 5.32 Å². The molecule has 0 amide bonds. The molecule has 5 aromatic heterocycles. The van der Waals surface area contributed by atoms with Gasteiger partial charge in [-0.1, -0.05) is 0 Å². The fraction of sp³-hybridized carbons (Fsp3) is 0.118. The van der Waals surface area contributed by atoms with Crippen molar-refractivity contribution >= 4 is 54.4 Å². The first-order valence-corrected chi connectivity index (χ1v) is 8.60. The number of nitrogens with zero attached hydrogens (tertiary/aromatic N) is 5. The zero-order valence-corrected chi connectivity index (χ0v) is 14.3. The van der Waals surface area contributed by atoms with Crippen LogP contribution in [0.4, 0.5) is 11.6 Å². The van der Waals surface area contributed by atoms with Gasteiger partial charge in [0.2, 0.25) is 0 Å². The van der Waals surface area contributed by atoms with Gasteiger partial charge in [-0.15, -0.1) is 11.3 Å². The van der Waals surface area contributed by atoms with Crippen molar-refractivity contribution in [1.82, 2.24) is 30.1 Å². The molecule has 0 aliphatic rings. The van der Waals surface area contributed by atoms with Gasteiger partial charge >= 0.3 is 0 Å². The van der Waals surface area contributed by atoms with Crippen molar-refractivity contribution < 1.29 is 0 Å². The Morgan fingerprint density at radius 3 is 3.00 bits per heavy atom. The average Bonchev–Trinajstić information content (AvgIpc) is 3.17. The van der Waals surface area contributed by atoms with Crippen LogP contribution < -0.4 is 5.32 Å². The molecule has 0 saturated heterocycles. The molecule has 0 bridgehead atoms. The van der Waals surface area contributed by atoms with Gasteiger partial charge in [0.1, 0.15) is 17.0 Å². The van der Waals surface area contributed by atoms with Crippen molar-refractivity contribution in [2.24, 2.45) is 0 Å². The molecule has 5 heterocycles. The lowest BCUT2D eigenvalue weighted by Crippen LogP contribution is -1.95. The quantitative estimate of drug-likeness (QED) is 0.503. The predicted octanol–water partition coefficient (Wildman–Crippen LogP) is 3.87. The fourth-order valence-electron chi connectivity index (χ4n) is 3.06. The van der Waals surface area contributed by atoms with E-state index >= 15 is 0 Å². The van der Waals surface area contributed by atoms with Crippen molar-refractivity contribution in [2.45, 2.75) is 13.8 Å². The van der Waals surface area contributed by atoms with E-state index < -0.39 is 0 Å². The molecule has 0 aliphatic heterocycles. The standard InChI is InChI=1S/C17H13N7S/c1-8-6-9(2)21-17-11(8)12-13(25-17)16(20-7-19-12)22-15-10-4-3-5-18-14(10)23-24-15/h3-7H,1-2H3,(H2,18,19,20,22,23,24). The highest BCUT2D eigenvalue weighted by molar-refractivity contribution is 7.26. The smallest absolute Gasteiger partial charge is 0.183 e. The van der Waals surface area contributed by atoms with Gasteiger partial charge in [0.05, 0.1) is 15.6 Å². The number of aryl methyl sites for hydroxylation is 2. The summed E-state index contributed by atoms with van der Waals surface area (Å²) in [7, 11) is 0. The molecule has 8 heteroatoms. The van der Waals surface area contributed by atoms with E-state index in [1.54, 1.807) is 23.9 Å². The first kappa shape index (κ1) is 14.2. The molecular formula is C17H13N7S. The molecule has 0 fully saturated rings. The Kier molecular flexibility index (Phi) is 2.95. The van der Waals surface area contributed by atoms with Crippen LogP contribution in [0.3, 0.4) is 0 Å². The Balaban J connectivity index is 1.72. The summed E-state index contributed by atoms with van der Waals surface area (Å²) in [6, 6.07) is 5.93. The van der Waals surface area contributed by atoms with Crippen LogP contribution in [0.25, 0.3) is 31.5 Å². The monoisotopic (exact) mass is 347 g/mol. The molecule has 25 heavy (non-hydrogen) atoms. The highest BCUT2D eigenvalue weighted by Crippen LogP contribution is 2.37. The number of nitrogens with one attached hydrogen (secondary N) is 2. The zero-order chi connectivity index (χ0) is 17.0. The van der Waals surface area contributed by atoms with E-state index in [4.69, 9.17) is 0 Å². The molecule has 0 saturated carbocycles.